The van der Waals surface area contributed by atoms with Crippen molar-refractivity contribution in [1.82, 2.24) is 0 Å². The number of methoxy groups -OCH3 is 1. The summed E-state index contributed by atoms with van der Waals surface area (Å²) in [6.45, 7) is 0. The molecule has 1 spiro atoms. The van der Waals surface area contributed by atoms with Gasteiger partial charge in [0.25, 0.3) is 5.91 Å². The van der Waals surface area contributed by atoms with Crippen molar-refractivity contribution in [2.75, 3.05) is 19.1 Å². The Morgan fingerprint density at radius 2 is 1.96 bits per heavy atom. The molecule has 4 rings (SSSR count). The van der Waals surface area contributed by atoms with Gasteiger partial charge in [0.05, 0.1) is 12.8 Å². The predicted molar refractivity (Wildman–Crippen MR) is 97.7 cm³/mol. The summed E-state index contributed by atoms with van der Waals surface area (Å²) in [7, 11) is 3.35. The van der Waals surface area contributed by atoms with E-state index in [1.165, 1.54) is 0 Å². The molecule has 1 amide bonds. The SMILES string of the molecule is COc1ccc2c(c1)N(C)C(=O)C21C=C/C(=C/c2ccc(Cl)cc2)O1. The third-order valence-electron chi connectivity index (χ3n) is 4.53. The van der Waals surface area contributed by atoms with Crippen LogP contribution in [0.2, 0.25) is 5.02 Å². The third-order valence-corrected chi connectivity index (χ3v) is 4.78. The van der Waals surface area contributed by atoms with E-state index in [4.69, 9.17) is 21.1 Å². The minimum absolute atomic E-state index is 0.119. The minimum atomic E-state index is -1.10. The van der Waals surface area contributed by atoms with Crippen LogP contribution in [0.3, 0.4) is 0 Å². The fourth-order valence-corrected chi connectivity index (χ4v) is 3.34. The Kier molecular flexibility index (Phi) is 3.58. The van der Waals surface area contributed by atoms with E-state index in [9.17, 15) is 4.79 Å². The summed E-state index contributed by atoms with van der Waals surface area (Å²) in [4.78, 5) is 14.5. The number of halogens is 1. The average Bonchev–Trinajstić information content (AvgIpc) is 3.14. The van der Waals surface area contributed by atoms with Gasteiger partial charge in [0, 0.05) is 23.7 Å². The van der Waals surface area contributed by atoms with E-state index >= 15 is 0 Å². The summed E-state index contributed by atoms with van der Waals surface area (Å²) in [5.74, 6) is 1.22. The second-order valence-electron chi connectivity index (χ2n) is 6.02. The molecule has 126 valence electrons. The first-order chi connectivity index (χ1) is 12.0. The molecule has 1 atom stereocenters. The molecule has 0 saturated carbocycles. The summed E-state index contributed by atoms with van der Waals surface area (Å²) >= 11 is 5.92. The zero-order valence-corrected chi connectivity index (χ0v) is 14.6. The van der Waals surface area contributed by atoms with Gasteiger partial charge in [-0.15, -0.1) is 0 Å². The Bertz CT molecular complexity index is 917. The largest absolute Gasteiger partial charge is 0.497 e. The number of rotatable bonds is 2. The lowest BCUT2D eigenvalue weighted by Gasteiger charge is -2.21. The van der Waals surface area contributed by atoms with E-state index in [2.05, 4.69) is 0 Å². The molecule has 0 aliphatic carbocycles. The molecule has 2 aliphatic heterocycles. The molecule has 2 aromatic rings. The van der Waals surface area contributed by atoms with Crippen molar-refractivity contribution in [3.05, 3.63) is 76.5 Å². The highest BCUT2D eigenvalue weighted by atomic mass is 35.5. The number of likely N-dealkylation sites (N-methyl/N-ethyl adjacent to an activating group) is 1. The standard InChI is InChI=1S/C20H16ClNO3/c1-22-18-12-15(24-2)7-8-17(18)20(19(22)23)10-9-16(25-20)11-13-3-5-14(21)6-4-13/h3-12H,1-2H3/b16-11-. The molecule has 2 heterocycles. The number of hydrogen-bond acceptors (Lipinski definition) is 3. The van der Waals surface area contributed by atoms with Gasteiger partial charge in [0.1, 0.15) is 11.5 Å². The number of nitrogens with zero attached hydrogens (tertiary/aromatic N) is 1. The Balaban J connectivity index is 1.72. The highest BCUT2D eigenvalue weighted by Crippen LogP contribution is 2.48. The number of carbonyl (C=O) groups excluding carboxylic acids is 1. The third kappa shape index (κ3) is 2.41. The zero-order chi connectivity index (χ0) is 17.6. The van der Waals surface area contributed by atoms with Crippen LogP contribution in [-0.2, 0) is 15.1 Å². The Morgan fingerprint density at radius 3 is 2.68 bits per heavy atom. The summed E-state index contributed by atoms with van der Waals surface area (Å²) in [5.41, 5.74) is 1.46. The molecule has 2 aliphatic rings. The van der Waals surface area contributed by atoms with Crippen LogP contribution in [0, 0.1) is 0 Å². The topological polar surface area (TPSA) is 38.8 Å². The van der Waals surface area contributed by atoms with Crippen molar-refractivity contribution in [3.63, 3.8) is 0 Å². The van der Waals surface area contributed by atoms with Crippen molar-refractivity contribution >= 4 is 29.3 Å². The van der Waals surface area contributed by atoms with E-state index < -0.39 is 5.60 Å². The van der Waals surface area contributed by atoms with Crippen LogP contribution < -0.4 is 9.64 Å². The fraction of sp³-hybridized carbons (Fsp3) is 0.150. The predicted octanol–water partition coefficient (Wildman–Crippen LogP) is 4.15. The van der Waals surface area contributed by atoms with Gasteiger partial charge in [-0.05, 0) is 48.1 Å². The van der Waals surface area contributed by atoms with Gasteiger partial charge in [0.2, 0.25) is 5.60 Å². The van der Waals surface area contributed by atoms with E-state index in [0.717, 1.165) is 16.8 Å². The van der Waals surface area contributed by atoms with Gasteiger partial charge < -0.3 is 14.4 Å². The quantitative estimate of drug-likeness (QED) is 0.814. The van der Waals surface area contributed by atoms with Gasteiger partial charge in [-0.1, -0.05) is 23.7 Å². The van der Waals surface area contributed by atoms with Crippen molar-refractivity contribution in [1.29, 1.82) is 0 Å². The maximum Gasteiger partial charge on any atom is 0.279 e. The smallest absolute Gasteiger partial charge is 0.279 e. The van der Waals surface area contributed by atoms with Crippen molar-refractivity contribution < 1.29 is 14.3 Å². The minimum Gasteiger partial charge on any atom is -0.497 e. The molecule has 0 fully saturated rings. The zero-order valence-electron chi connectivity index (χ0n) is 13.8. The first-order valence-corrected chi connectivity index (χ1v) is 8.23. The van der Waals surface area contributed by atoms with Crippen LogP contribution >= 0.6 is 11.6 Å². The Labute approximate surface area is 150 Å². The lowest BCUT2D eigenvalue weighted by atomic mass is 9.96. The molecule has 4 nitrogen and oxygen atoms in total. The number of anilines is 1. The van der Waals surface area contributed by atoms with Crippen LogP contribution in [-0.4, -0.2) is 20.1 Å². The number of amides is 1. The average molecular weight is 354 g/mol. The second-order valence-corrected chi connectivity index (χ2v) is 6.45. The molecular formula is C20H16ClNO3. The monoisotopic (exact) mass is 353 g/mol. The molecule has 5 heteroatoms. The number of fused-ring (bicyclic) bond motifs is 2. The first kappa shape index (κ1) is 15.8. The van der Waals surface area contributed by atoms with Gasteiger partial charge in [-0.3, -0.25) is 4.79 Å². The van der Waals surface area contributed by atoms with Crippen molar-refractivity contribution in [2.24, 2.45) is 0 Å². The van der Waals surface area contributed by atoms with Crippen molar-refractivity contribution in [2.45, 2.75) is 5.60 Å². The molecule has 0 saturated heterocycles. The summed E-state index contributed by atoms with van der Waals surface area (Å²) in [5, 5.41) is 0.678. The fourth-order valence-electron chi connectivity index (χ4n) is 3.22. The van der Waals surface area contributed by atoms with Gasteiger partial charge in [-0.25, -0.2) is 0 Å². The number of benzene rings is 2. The van der Waals surface area contributed by atoms with Gasteiger partial charge in [0.15, 0.2) is 0 Å². The van der Waals surface area contributed by atoms with Crippen LogP contribution in [0.4, 0.5) is 5.69 Å². The molecule has 0 N–H and O–H groups in total. The highest BCUT2D eigenvalue weighted by Gasteiger charge is 2.52. The lowest BCUT2D eigenvalue weighted by molar-refractivity contribution is -0.131. The summed E-state index contributed by atoms with van der Waals surface area (Å²) in [6.07, 6.45) is 5.53. The molecule has 2 aromatic carbocycles. The molecule has 0 aromatic heterocycles. The van der Waals surface area contributed by atoms with Crippen molar-refractivity contribution in [3.8, 4) is 5.75 Å². The summed E-state index contributed by atoms with van der Waals surface area (Å²) < 4.78 is 11.4. The van der Waals surface area contributed by atoms with Gasteiger partial charge in [-0.2, -0.15) is 0 Å². The summed E-state index contributed by atoms with van der Waals surface area (Å²) in [6, 6.07) is 13.0. The van der Waals surface area contributed by atoms with Crippen LogP contribution in [0.25, 0.3) is 6.08 Å². The number of ether oxygens (including phenoxy) is 2. The van der Waals surface area contributed by atoms with E-state index in [0.29, 0.717) is 16.5 Å². The lowest BCUT2D eigenvalue weighted by Crippen LogP contribution is -2.37. The van der Waals surface area contributed by atoms with E-state index in [1.807, 2.05) is 60.7 Å². The van der Waals surface area contributed by atoms with E-state index in [-0.39, 0.29) is 5.91 Å². The molecule has 25 heavy (non-hydrogen) atoms. The number of allylic oxidation sites excluding steroid dienone is 1. The molecule has 1 unspecified atom stereocenters. The highest BCUT2D eigenvalue weighted by molar-refractivity contribution is 6.30. The number of hydrogen-bond donors (Lipinski definition) is 0. The Morgan fingerprint density at radius 1 is 1.20 bits per heavy atom. The molecular weight excluding hydrogens is 338 g/mol. The first-order valence-electron chi connectivity index (χ1n) is 7.86. The Hall–Kier alpha value is -2.72. The van der Waals surface area contributed by atoms with Crippen LogP contribution in [0.1, 0.15) is 11.1 Å². The second kappa shape index (κ2) is 5.67. The van der Waals surface area contributed by atoms with Crippen LogP contribution in [0.5, 0.6) is 5.75 Å². The maximum absolute atomic E-state index is 12.9. The van der Waals surface area contributed by atoms with E-state index in [1.54, 1.807) is 19.1 Å². The van der Waals surface area contributed by atoms with Gasteiger partial charge >= 0.3 is 0 Å². The number of carbonyl (C=O) groups is 1. The van der Waals surface area contributed by atoms with Crippen LogP contribution in [0.15, 0.2) is 60.4 Å². The maximum atomic E-state index is 12.9. The molecule has 0 radical (unpaired) electrons. The normalized spacial score (nSPS) is 22.6. The molecule has 0 bridgehead atoms.